The van der Waals surface area contributed by atoms with Crippen LogP contribution in [0, 0.1) is 0 Å². The molecular weight excluding hydrogens is 252 g/mol. The molecule has 0 saturated carbocycles. The smallest absolute Gasteiger partial charge is 0.346 e. The lowest BCUT2D eigenvalue weighted by Gasteiger charge is -1.96. The molecule has 0 aliphatic carbocycles. The average molecular weight is 268 g/mol. The minimum absolute atomic E-state index is 0.359. The molecule has 1 aromatic carbocycles. The van der Waals surface area contributed by atoms with Crippen LogP contribution in [0.1, 0.15) is 20.7 Å². The summed E-state index contributed by atoms with van der Waals surface area (Å²) in [5.41, 5.74) is 0.718. The first kappa shape index (κ1) is 17.0. The number of benzene rings is 1. The van der Waals surface area contributed by atoms with Gasteiger partial charge in [-0.25, -0.2) is 9.59 Å². The number of aliphatic hydroxyl groups excluding tert-OH is 3. The van der Waals surface area contributed by atoms with Gasteiger partial charge in [-0.05, 0) is 12.1 Å². The number of hydrogen-bond acceptors (Lipinski definition) is 6. The third kappa shape index (κ3) is 5.01. The van der Waals surface area contributed by atoms with Gasteiger partial charge in [0.05, 0.1) is 24.3 Å². The molecule has 1 aromatic rings. The maximum atomic E-state index is 10.8. The van der Waals surface area contributed by atoms with Crippen molar-refractivity contribution >= 4 is 11.9 Å². The fraction of sp³-hybridized carbons (Fsp3) is 0.231. The highest BCUT2D eigenvalue weighted by Gasteiger charge is 2.28. The van der Waals surface area contributed by atoms with Crippen LogP contribution >= 0.6 is 0 Å². The van der Waals surface area contributed by atoms with Crippen molar-refractivity contribution in [3.8, 4) is 0 Å². The number of hydrogen-bond donors (Lipinski definition) is 3. The zero-order valence-corrected chi connectivity index (χ0v) is 10.3. The standard InChI is InChI=1S/C8H4O3.C3H8O3.C2H4/c9-7-5-3-1-2-4-6(5)8(10)11-7;4-1-3(6)2-5;1-2/h1-4H;3-6H,1-2H2;1-2H2. The Hall–Kier alpha value is -2.02. The van der Waals surface area contributed by atoms with Crippen LogP contribution in [0.4, 0.5) is 0 Å². The molecule has 0 fully saturated rings. The van der Waals surface area contributed by atoms with Crippen molar-refractivity contribution in [1.29, 1.82) is 0 Å². The molecule has 1 aliphatic heterocycles. The number of rotatable bonds is 2. The van der Waals surface area contributed by atoms with Crippen molar-refractivity contribution in [2.75, 3.05) is 13.2 Å². The molecule has 19 heavy (non-hydrogen) atoms. The van der Waals surface area contributed by atoms with E-state index < -0.39 is 18.0 Å². The van der Waals surface area contributed by atoms with Gasteiger partial charge in [0, 0.05) is 0 Å². The molecule has 3 N–H and O–H groups in total. The summed E-state index contributed by atoms with van der Waals surface area (Å²) >= 11 is 0. The predicted molar refractivity (Wildman–Crippen MR) is 67.6 cm³/mol. The lowest BCUT2D eigenvalue weighted by atomic mass is 10.1. The molecule has 104 valence electrons. The first-order chi connectivity index (χ1) is 9.10. The Morgan fingerprint density at radius 2 is 1.37 bits per heavy atom. The van der Waals surface area contributed by atoms with Gasteiger partial charge in [0.25, 0.3) is 0 Å². The SMILES string of the molecule is C=C.O=C1OC(=O)c2ccccc21.OCC(O)CO. The van der Waals surface area contributed by atoms with Gasteiger partial charge in [0.2, 0.25) is 0 Å². The highest BCUT2D eigenvalue weighted by atomic mass is 16.6. The van der Waals surface area contributed by atoms with E-state index in [0.29, 0.717) is 11.1 Å². The Bertz CT molecular complexity index is 392. The molecule has 0 saturated heterocycles. The molecule has 0 aromatic heterocycles. The van der Waals surface area contributed by atoms with Crippen LogP contribution in [0.3, 0.4) is 0 Å². The Kier molecular flexibility index (Phi) is 8.03. The third-order valence-electron chi connectivity index (χ3n) is 1.97. The van der Waals surface area contributed by atoms with Crippen molar-refractivity contribution in [3.63, 3.8) is 0 Å². The maximum Gasteiger partial charge on any atom is 0.346 e. The summed E-state index contributed by atoms with van der Waals surface area (Å²) in [6.07, 6.45) is -0.954. The summed E-state index contributed by atoms with van der Waals surface area (Å²) < 4.78 is 4.35. The fourth-order valence-electron chi connectivity index (χ4n) is 1.09. The van der Waals surface area contributed by atoms with Crippen molar-refractivity contribution in [1.82, 2.24) is 0 Å². The zero-order chi connectivity index (χ0) is 14.8. The molecule has 0 spiro atoms. The van der Waals surface area contributed by atoms with Gasteiger partial charge in [-0.15, -0.1) is 13.2 Å². The average Bonchev–Trinajstić information content (AvgIpc) is 2.76. The normalized spacial score (nSPS) is 11.8. The Morgan fingerprint density at radius 1 is 1.00 bits per heavy atom. The molecule has 0 radical (unpaired) electrons. The van der Waals surface area contributed by atoms with Gasteiger partial charge in [0.1, 0.15) is 6.10 Å². The molecule has 0 bridgehead atoms. The minimum atomic E-state index is -0.954. The molecule has 6 nitrogen and oxygen atoms in total. The van der Waals surface area contributed by atoms with Gasteiger partial charge < -0.3 is 20.1 Å². The molecule has 2 rings (SSSR count). The molecular formula is C13H16O6. The fourth-order valence-corrected chi connectivity index (χ4v) is 1.09. The van der Waals surface area contributed by atoms with E-state index in [1.54, 1.807) is 24.3 Å². The van der Waals surface area contributed by atoms with Crippen LogP contribution in [0.5, 0.6) is 0 Å². The summed E-state index contributed by atoms with van der Waals surface area (Å²) in [7, 11) is 0. The van der Waals surface area contributed by atoms with Gasteiger partial charge in [-0.2, -0.15) is 0 Å². The second-order valence-electron chi connectivity index (χ2n) is 3.24. The van der Waals surface area contributed by atoms with E-state index in [2.05, 4.69) is 17.9 Å². The van der Waals surface area contributed by atoms with E-state index in [1.165, 1.54) is 0 Å². The molecule has 1 aliphatic rings. The van der Waals surface area contributed by atoms with Crippen molar-refractivity contribution in [2.45, 2.75) is 6.10 Å². The molecule has 0 unspecified atom stereocenters. The summed E-state index contributed by atoms with van der Waals surface area (Å²) in [5.74, 6) is -1.10. The summed E-state index contributed by atoms with van der Waals surface area (Å²) in [5, 5.41) is 24.0. The topological polar surface area (TPSA) is 104 Å². The second kappa shape index (κ2) is 8.98. The molecule has 6 heteroatoms. The molecule has 1 heterocycles. The van der Waals surface area contributed by atoms with Gasteiger partial charge in [-0.3, -0.25) is 0 Å². The molecule has 0 atom stereocenters. The van der Waals surface area contributed by atoms with Crippen molar-refractivity contribution in [3.05, 3.63) is 48.6 Å². The van der Waals surface area contributed by atoms with E-state index >= 15 is 0 Å². The van der Waals surface area contributed by atoms with Crippen LogP contribution in [0.15, 0.2) is 37.4 Å². The minimum Gasteiger partial charge on any atom is -0.394 e. The lowest BCUT2D eigenvalue weighted by molar-refractivity contribution is 0.0443. The number of ether oxygens (including phenoxy) is 1. The maximum absolute atomic E-state index is 10.8. The lowest BCUT2D eigenvalue weighted by Crippen LogP contribution is -2.15. The second-order valence-corrected chi connectivity index (χ2v) is 3.24. The summed E-state index contributed by atoms with van der Waals surface area (Å²) in [6, 6.07) is 6.53. The van der Waals surface area contributed by atoms with Gasteiger partial charge >= 0.3 is 11.9 Å². The highest BCUT2D eigenvalue weighted by molar-refractivity contribution is 6.14. The number of esters is 2. The number of carbonyl (C=O) groups excluding carboxylic acids is 2. The Labute approximate surface area is 110 Å². The Balaban J connectivity index is 0.000000350. The highest BCUT2D eigenvalue weighted by Crippen LogP contribution is 2.18. The van der Waals surface area contributed by atoms with E-state index in [1.807, 2.05) is 0 Å². The van der Waals surface area contributed by atoms with Crippen LogP contribution in [-0.4, -0.2) is 46.6 Å². The number of aliphatic hydroxyl groups is 3. The van der Waals surface area contributed by atoms with Crippen LogP contribution in [0.2, 0.25) is 0 Å². The van der Waals surface area contributed by atoms with E-state index in [0.717, 1.165) is 0 Å². The van der Waals surface area contributed by atoms with E-state index in [4.69, 9.17) is 15.3 Å². The van der Waals surface area contributed by atoms with Gasteiger partial charge in [-0.1, -0.05) is 12.1 Å². The predicted octanol–water partition coefficient (Wildman–Crippen LogP) is 0.131. The van der Waals surface area contributed by atoms with Crippen LogP contribution < -0.4 is 0 Å². The molecule has 0 amide bonds. The van der Waals surface area contributed by atoms with E-state index in [-0.39, 0.29) is 13.2 Å². The largest absolute Gasteiger partial charge is 0.394 e. The summed E-state index contributed by atoms with van der Waals surface area (Å²) in [6.45, 7) is 5.27. The van der Waals surface area contributed by atoms with Crippen LogP contribution in [-0.2, 0) is 4.74 Å². The zero-order valence-electron chi connectivity index (χ0n) is 10.3. The number of carbonyl (C=O) groups is 2. The Morgan fingerprint density at radius 3 is 1.63 bits per heavy atom. The van der Waals surface area contributed by atoms with Crippen molar-refractivity contribution in [2.24, 2.45) is 0 Å². The van der Waals surface area contributed by atoms with Gasteiger partial charge in [0.15, 0.2) is 0 Å². The number of cyclic esters (lactones) is 2. The van der Waals surface area contributed by atoms with E-state index in [9.17, 15) is 9.59 Å². The first-order valence-electron chi connectivity index (χ1n) is 5.35. The third-order valence-corrected chi connectivity index (χ3v) is 1.97. The quantitative estimate of drug-likeness (QED) is 0.400. The van der Waals surface area contributed by atoms with Crippen molar-refractivity contribution < 1.29 is 29.6 Å². The number of fused-ring (bicyclic) bond motifs is 1. The monoisotopic (exact) mass is 268 g/mol. The van der Waals surface area contributed by atoms with Crippen LogP contribution in [0.25, 0.3) is 0 Å². The first-order valence-corrected chi connectivity index (χ1v) is 5.35. The summed E-state index contributed by atoms with van der Waals surface area (Å²) in [4.78, 5) is 21.7.